The number of amides is 2. The van der Waals surface area contributed by atoms with Gasteiger partial charge in [0.2, 0.25) is 11.8 Å². The maximum Gasteiger partial charge on any atom is 0.239 e. The van der Waals surface area contributed by atoms with Crippen LogP contribution in [0.2, 0.25) is 0 Å². The van der Waals surface area contributed by atoms with Crippen molar-refractivity contribution in [2.24, 2.45) is 5.73 Å². The predicted octanol–water partition coefficient (Wildman–Crippen LogP) is -0.192. The topological polar surface area (TPSA) is 93.5 Å². The summed E-state index contributed by atoms with van der Waals surface area (Å²) in [4.78, 5) is 22.2. The van der Waals surface area contributed by atoms with Gasteiger partial charge in [-0.25, -0.2) is 0 Å². The molecule has 7 heteroatoms. The summed E-state index contributed by atoms with van der Waals surface area (Å²) in [5.41, 5.74) is 6.05. The van der Waals surface area contributed by atoms with Crippen LogP contribution in [0.25, 0.3) is 0 Å². The van der Waals surface area contributed by atoms with Gasteiger partial charge in [0.15, 0.2) is 0 Å². The lowest BCUT2D eigenvalue weighted by molar-refractivity contribution is -0.125. The molecule has 6 nitrogen and oxygen atoms in total. The molecular weight excluding hydrogens is 270 g/mol. The van der Waals surface area contributed by atoms with Gasteiger partial charge in [0.25, 0.3) is 0 Å². The van der Waals surface area contributed by atoms with E-state index in [0.717, 1.165) is 11.3 Å². The molecule has 0 atom stereocenters. The fourth-order valence-corrected chi connectivity index (χ4v) is 1.26. The Labute approximate surface area is 118 Å². The van der Waals surface area contributed by atoms with Crippen LogP contribution in [0.15, 0.2) is 24.3 Å². The number of nitrogens with one attached hydrogen (secondary N) is 2. The molecule has 0 saturated carbocycles. The Kier molecular flexibility index (Phi) is 8.32. The number of rotatable bonds is 6. The Hall–Kier alpha value is -1.79. The highest BCUT2D eigenvalue weighted by atomic mass is 35.5. The van der Waals surface area contributed by atoms with Crippen LogP contribution < -0.4 is 21.1 Å². The van der Waals surface area contributed by atoms with Crippen LogP contribution in [0.1, 0.15) is 5.56 Å². The largest absolute Gasteiger partial charge is 0.497 e. The second kappa shape index (κ2) is 9.18. The molecule has 0 saturated heterocycles. The highest BCUT2D eigenvalue weighted by Crippen LogP contribution is 2.10. The number of ether oxygens (including phenoxy) is 1. The number of nitrogens with two attached hydrogens (primary N) is 1. The number of benzene rings is 1. The van der Waals surface area contributed by atoms with E-state index >= 15 is 0 Å². The summed E-state index contributed by atoms with van der Waals surface area (Å²) < 4.78 is 5.03. The summed E-state index contributed by atoms with van der Waals surface area (Å²) in [5.74, 6) is 0.155. The molecule has 0 unspecified atom stereocenters. The van der Waals surface area contributed by atoms with E-state index in [0.29, 0.717) is 6.54 Å². The van der Waals surface area contributed by atoms with Gasteiger partial charge in [0, 0.05) is 6.54 Å². The zero-order valence-electron chi connectivity index (χ0n) is 10.6. The minimum atomic E-state index is -0.352. The molecule has 0 aliphatic carbocycles. The van der Waals surface area contributed by atoms with Crippen molar-refractivity contribution in [1.82, 2.24) is 10.6 Å². The van der Waals surface area contributed by atoms with E-state index in [1.54, 1.807) is 7.11 Å². The van der Waals surface area contributed by atoms with Crippen molar-refractivity contribution in [1.29, 1.82) is 0 Å². The van der Waals surface area contributed by atoms with Crippen LogP contribution in [-0.2, 0) is 16.1 Å². The van der Waals surface area contributed by atoms with Crippen molar-refractivity contribution < 1.29 is 14.3 Å². The molecule has 0 heterocycles. The first-order valence-electron chi connectivity index (χ1n) is 5.52. The first kappa shape index (κ1) is 17.2. The monoisotopic (exact) mass is 287 g/mol. The molecule has 106 valence electrons. The van der Waals surface area contributed by atoms with Crippen molar-refractivity contribution in [3.05, 3.63) is 29.8 Å². The molecule has 0 bridgehead atoms. The number of halogens is 1. The van der Waals surface area contributed by atoms with E-state index in [2.05, 4.69) is 10.6 Å². The lowest BCUT2D eigenvalue weighted by atomic mass is 10.2. The van der Waals surface area contributed by atoms with Crippen LogP contribution in [0.4, 0.5) is 0 Å². The Balaban J connectivity index is 0.00000324. The highest BCUT2D eigenvalue weighted by Gasteiger charge is 2.03. The normalized spacial score (nSPS) is 9.16. The first-order valence-corrected chi connectivity index (χ1v) is 5.52. The summed E-state index contributed by atoms with van der Waals surface area (Å²) in [6.45, 7) is 0.221. The molecule has 4 N–H and O–H groups in total. The molecule has 0 aliphatic heterocycles. The third-order valence-corrected chi connectivity index (χ3v) is 2.28. The van der Waals surface area contributed by atoms with Crippen LogP contribution in [0.3, 0.4) is 0 Å². The van der Waals surface area contributed by atoms with Gasteiger partial charge in [0.05, 0.1) is 20.2 Å². The van der Waals surface area contributed by atoms with Crippen molar-refractivity contribution >= 4 is 24.2 Å². The summed E-state index contributed by atoms with van der Waals surface area (Å²) >= 11 is 0. The molecule has 0 radical (unpaired) electrons. The van der Waals surface area contributed by atoms with E-state index < -0.39 is 0 Å². The second-order valence-corrected chi connectivity index (χ2v) is 3.61. The van der Waals surface area contributed by atoms with Crippen LogP contribution in [-0.4, -0.2) is 32.0 Å². The molecule has 2 amide bonds. The third-order valence-electron chi connectivity index (χ3n) is 2.28. The average Bonchev–Trinajstić information content (AvgIpc) is 2.42. The van der Waals surface area contributed by atoms with Crippen molar-refractivity contribution in [3.63, 3.8) is 0 Å². The summed E-state index contributed by atoms with van der Waals surface area (Å²) in [6, 6.07) is 7.35. The Morgan fingerprint density at radius 3 is 2.32 bits per heavy atom. The molecule has 1 aromatic rings. The standard InChI is InChI=1S/C12H17N3O3.ClH/c1-18-10-4-2-9(3-5-10)7-14-12(17)8-15-11(16)6-13;/h2-5H,6-8,13H2,1H3,(H,14,17)(H,15,16);1H. The summed E-state index contributed by atoms with van der Waals surface area (Å²) in [5, 5.41) is 5.07. The SMILES string of the molecule is COc1ccc(CNC(=O)CNC(=O)CN)cc1.Cl. The fraction of sp³-hybridized carbons (Fsp3) is 0.333. The second-order valence-electron chi connectivity index (χ2n) is 3.61. The molecule has 0 spiro atoms. The molecule has 19 heavy (non-hydrogen) atoms. The van der Waals surface area contributed by atoms with Gasteiger partial charge >= 0.3 is 0 Å². The van der Waals surface area contributed by atoms with Gasteiger partial charge in [-0.3, -0.25) is 9.59 Å². The van der Waals surface area contributed by atoms with Gasteiger partial charge in [-0.2, -0.15) is 0 Å². The Morgan fingerprint density at radius 2 is 1.79 bits per heavy atom. The Morgan fingerprint density at radius 1 is 1.16 bits per heavy atom. The fourth-order valence-electron chi connectivity index (χ4n) is 1.26. The molecule has 1 rings (SSSR count). The lowest BCUT2D eigenvalue weighted by Crippen LogP contribution is -2.39. The van der Waals surface area contributed by atoms with Gasteiger partial charge in [-0.15, -0.1) is 12.4 Å². The molecule has 1 aromatic carbocycles. The average molecular weight is 288 g/mol. The van der Waals surface area contributed by atoms with Gasteiger partial charge < -0.3 is 21.1 Å². The smallest absolute Gasteiger partial charge is 0.239 e. The van der Waals surface area contributed by atoms with Crippen LogP contribution >= 0.6 is 12.4 Å². The highest BCUT2D eigenvalue weighted by molar-refractivity contribution is 5.85. The van der Waals surface area contributed by atoms with E-state index in [1.165, 1.54) is 0 Å². The van der Waals surface area contributed by atoms with Gasteiger partial charge in [-0.05, 0) is 17.7 Å². The molecule has 0 aromatic heterocycles. The van der Waals surface area contributed by atoms with Crippen molar-refractivity contribution in [2.75, 3.05) is 20.2 Å². The Bertz CT molecular complexity index is 409. The first-order chi connectivity index (χ1) is 8.65. The van der Waals surface area contributed by atoms with E-state index in [4.69, 9.17) is 10.5 Å². The van der Waals surface area contributed by atoms with Crippen molar-refractivity contribution in [3.8, 4) is 5.75 Å². The zero-order chi connectivity index (χ0) is 13.4. The number of carbonyl (C=O) groups excluding carboxylic acids is 2. The number of methoxy groups -OCH3 is 1. The number of hydrogen-bond donors (Lipinski definition) is 3. The quantitative estimate of drug-likeness (QED) is 0.676. The number of hydrogen-bond acceptors (Lipinski definition) is 4. The predicted molar refractivity (Wildman–Crippen MR) is 74.2 cm³/mol. The molecular formula is C12H18ClN3O3. The van der Waals surface area contributed by atoms with Gasteiger partial charge in [-0.1, -0.05) is 12.1 Å². The molecule has 0 fully saturated rings. The van der Waals surface area contributed by atoms with Gasteiger partial charge in [0.1, 0.15) is 5.75 Å². The number of carbonyl (C=O) groups is 2. The van der Waals surface area contributed by atoms with Crippen LogP contribution in [0.5, 0.6) is 5.75 Å². The molecule has 0 aliphatic rings. The minimum Gasteiger partial charge on any atom is -0.497 e. The van der Waals surface area contributed by atoms with Crippen molar-refractivity contribution in [2.45, 2.75) is 6.54 Å². The maximum absolute atomic E-state index is 11.4. The van der Waals surface area contributed by atoms with Crippen LogP contribution in [0, 0.1) is 0 Å². The van der Waals surface area contributed by atoms with E-state index in [1.807, 2.05) is 24.3 Å². The van der Waals surface area contributed by atoms with E-state index in [-0.39, 0.29) is 37.3 Å². The zero-order valence-corrected chi connectivity index (χ0v) is 11.5. The maximum atomic E-state index is 11.4. The summed E-state index contributed by atoms with van der Waals surface area (Å²) in [7, 11) is 1.59. The van der Waals surface area contributed by atoms with E-state index in [9.17, 15) is 9.59 Å². The minimum absolute atomic E-state index is 0. The summed E-state index contributed by atoms with van der Waals surface area (Å²) in [6.07, 6.45) is 0. The third kappa shape index (κ3) is 6.64. The lowest BCUT2D eigenvalue weighted by Gasteiger charge is -2.07.